The van der Waals surface area contributed by atoms with Crippen molar-refractivity contribution in [2.24, 2.45) is 4.99 Å². The second-order valence-corrected chi connectivity index (χ2v) is 6.00. The van der Waals surface area contributed by atoms with Crippen molar-refractivity contribution in [1.29, 1.82) is 0 Å². The summed E-state index contributed by atoms with van der Waals surface area (Å²) in [7, 11) is 5.06. The van der Waals surface area contributed by atoms with Crippen LogP contribution in [0.1, 0.15) is 12.5 Å². The molecule has 0 aliphatic carbocycles. The number of guanidine groups is 1. The van der Waals surface area contributed by atoms with E-state index in [-0.39, 0.29) is 42.5 Å². The molecule has 0 aromatic heterocycles. The monoisotopic (exact) mass is 478 g/mol. The lowest BCUT2D eigenvalue weighted by molar-refractivity contribution is -0.127. The smallest absolute Gasteiger partial charge is 0.243 e. The highest BCUT2D eigenvalue weighted by Gasteiger charge is 2.08. The molecule has 8 heteroatoms. The molecule has 26 heavy (non-hydrogen) atoms. The molecule has 0 aliphatic rings. The minimum absolute atomic E-state index is 0. The molecule has 7 nitrogen and oxygen atoms in total. The van der Waals surface area contributed by atoms with Gasteiger partial charge in [0.05, 0.1) is 13.2 Å². The lowest BCUT2D eigenvalue weighted by Gasteiger charge is -2.18. The first-order valence-electron chi connectivity index (χ1n) is 8.37. The largest absolute Gasteiger partial charge is 0.489 e. The predicted molar refractivity (Wildman–Crippen MR) is 116 cm³/mol. The van der Waals surface area contributed by atoms with Crippen LogP contribution in [0.5, 0.6) is 5.75 Å². The lowest BCUT2D eigenvalue weighted by atomic mass is 10.2. The Morgan fingerprint density at radius 1 is 1.31 bits per heavy atom. The molecule has 1 atom stereocenters. The van der Waals surface area contributed by atoms with Gasteiger partial charge < -0.3 is 25.0 Å². The number of methoxy groups -OCH3 is 1. The number of rotatable bonds is 9. The second-order valence-electron chi connectivity index (χ2n) is 6.00. The van der Waals surface area contributed by atoms with Gasteiger partial charge in [-0.05, 0) is 31.5 Å². The van der Waals surface area contributed by atoms with Gasteiger partial charge in [0.15, 0.2) is 5.96 Å². The summed E-state index contributed by atoms with van der Waals surface area (Å²) >= 11 is 0. The summed E-state index contributed by atoms with van der Waals surface area (Å²) in [6, 6.07) is 7.93. The molecule has 0 saturated heterocycles. The number of carbonyl (C=O) groups is 1. The van der Waals surface area contributed by atoms with Crippen LogP contribution in [0.2, 0.25) is 0 Å². The van der Waals surface area contributed by atoms with Crippen molar-refractivity contribution >= 4 is 35.8 Å². The lowest BCUT2D eigenvalue weighted by Crippen LogP contribution is -2.43. The first-order chi connectivity index (χ1) is 11.9. The molecule has 0 spiro atoms. The number of ether oxygens (including phenoxy) is 2. The number of aryl methyl sites for hydroxylation is 1. The van der Waals surface area contributed by atoms with E-state index < -0.39 is 0 Å². The van der Waals surface area contributed by atoms with Crippen LogP contribution in [0.3, 0.4) is 0 Å². The molecule has 0 aliphatic heterocycles. The normalized spacial score (nSPS) is 12.0. The summed E-state index contributed by atoms with van der Waals surface area (Å²) < 4.78 is 10.9. The highest BCUT2D eigenvalue weighted by atomic mass is 127. The topological polar surface area (TPSA) is 75.2 Å². The van der Waals surface area contributed by atoms with Gasteiger partial charge in [0.1, 0.15) is 18.4 Å². The number of nitrogens with zero attached hydrogens (tertiary/aromatic N) is 2. The Labute approximate surface area is 173 Å². The van der Waals surface area contributed by atoms with Crippen molar-refractivity contribution in [1.82, 2.24) is 15.5 Å². The fourth-order valence-corrected chi connectivity index (χ4v) is 1.94. The molecule has 1 aromatic carbocycles. The Bertz CT molecular complexity index is 567. The third-order valence-electron chi connectivity index (χ3n) is 3.35. The third kappa shape index (κ3) is 10.4. The number of hydrogen-bond acceptors (Lipinski definition) is 4. The van der Waals surface area contributed by atoms with Crippen LogP contribution in [0.25, 0.3) is 0 Å². The highest BCUT2D eigenvalue weighted by Crippen LogP contribution is 2.13. The van der Waals surface area contributed by atoms with Gasteiger partial charge in [0, 0.05) is 27.7 Å². The number of amides is 1. The maximum Gasteiger partial charge on any atom is 0.243 e. The molecule has 0 fully saturated rings. The number of likely N-dealkylation sites (N-methyl/N-ethyl adjacent to an activating group) is 1. The Morgan fingerprint density at radius 3 is 2.65 bits per heavy atom. The zero-order valence-corrected chi connectivity index (χ0v) is 18.6. The first kappa shape index (κ1) is 24.5. The SMILES string of the molecule is COCCNC(=NCC(=O)N(C)C)NCC(C)Oc1cccc(C)c1.I. The zero-order valence-electron chi connectivity index (χ0n) is 16.2. The van der Waals surface area contributed by atoms with E-state index in [0.717, 1.165) is 11.3 Å². The molecular formula is C18H31IN4O3. The standard InChI is InChI=1S/C18H30N4O3.HI/c1-14-7-6-8-16(11-14)25-15(2)12-20-18(19-9-10-24-5)21-13-17(23)22(3)4;/h6-8,11,15H,9-10,12-13H2,1-5H3,(H2,19,20,21);1H. The fourth-order valence-electron chi connectivity index (χ4n) is 1.94. The highest BCUT2D eigenvalue weighted by molar-refractivity contribution is 14.0. The Hall–Kier alpha value is -1.55. The van der Waals surface area contributed by atoms with Crippen molar-refractivity contribution in [2.45, 2.75) is 20.0 Å². The van der Waals surface area contributed by atoms with Crippen LogP contribution in [0.4, 0.5) is 0 Å². The van der Waals surface area contributed by atoms with E-state index in [0.29, 0.717) is 25.7 Å². The second kappa shape index (κ2) is 13.6. The number of benzene rings is 1. The molecule has 0 saturated carbocycles. The van der Waals surface area contributed by atoms with Gasteiger partial charge in [-0.15, -0.1) is 24.0 Å². The molecule has 1 unspecified atom stereocenters. The van der Waals surface area contributed by atoms with E-state index in [1.54, 1.807) is 21.2 Å². The van der Waals surface area contributed by atoms with Crippen molar-refractivity contribution in [3.63, 3.8) is 0 Å². The van der Waals surface area contributed by atoms with Crippen LogP contribution < -0.4 is 15.4 Å². The van der Waals surface area contributed by atoms with Gasteiger partial charge >= 0.3 is 0 Å². The Morgan fingerprint density at radius 2 is 2.04 bits per heavy atom. The summed E-state index contributed by atoms with van der Waals surface area (Å²) in [5.74, 6) is 1.34. The van der Waals surface area contributed by atoms with Crippen LogP contribution >= 0.6 is 24.0 Å². The van der Waals surface area contributed by atoms with Crippen molar-refractivity contribution < 1.29 is 14.3 Å². The average molecular weight is 478 g/mol. The average Bonchev–Trinajstić information content (AvgIpc) is 2.56. The first-order valence-corrected chi connectivity index (χ1v) is 8.37. The van der Waals surface area contributed by atoms with Crippen molar-refractivity contribution in [3.05, 3.63) is 29.8 Å². The zero-order chi connectivity index (χ0) is 18.7. The predicted octanol–water partition coefficient (Wildman–Crippen LogP) is 1.65. The number of halogens is 1. The maximum atomic E-state index is 11.7. The fraction of sp³-hybridized carbons (Fsp3) is 0.556. The minimum atomic E-state index is -0.0584. The van der Waals surface area contributed by atoms with Crippen LogP contribution in [0.15, 0.2) is 29.3 Å². The minimum Gasteiger partial charge on any atom is -0.489 e. The van der Waals surface area contributed by atoms with Crippen LogP contribution in [0, 0.1) is 6.92 Å². The number of carbonyl (C=O) groups excluding carboxylic acids is 1. The maximum absolute atomic E-state index is 11.7. The van der Waals surface area contributed by atoms with E-state index in [1.165, 1.54) is 4.90 Å². The summed E-state index contributed by atoms with van der Waals surface area (Å²) in [6.07, 6.45) is -0.0548. The van der Waals surface area contributed by atoms with E-state index in [2.05, 4.69) is 15.6 Å². The summed E-state index contributed by atoms with van der Waals surface area (Å²) in [5.41, 5.74) is 1.16. The van der Waals surface area contributed by atoms with Gasteiger partial charge in [-0.3, -0.25) is 4.79 Å². The van der Waals surface area contributed by atoms with Gasteiger partial charge in [0.25, 0.3) is 0 Å². The Balaban J connectivity index is 0.00000625. The van der Waals surface area contributed by atoms with E-state index in [9.17, 15) is 4.79 Å². The summed E-state index contributed by atoms with van der Waals surface area (Å²) in [5, 5.41) is 6.33. The Kier molecular flexibility index (Phi) is 12.8. The molecule has 148 valence electrons. The van der Waals surface area contributed by atoms with Gasteiger partial charge in [0.2, 0.25) is 5.91 Å². The van der Waals surface area contributed by atoms with E-state index in [4.69, 9.17) is 9.47 Å². The molecule has 0 radical (unpaired) electrons. The third-order valence-corrected chi connectivity index (χ3v) is 3.35. The molecule has 1 aromatic rings. The summed E-state index contributed by atoms with van der Waals surface area (Å²) in [4.78, 5) is 17.5. The van der Waals surface area contributed by atoms with Gasteiger partial charge in [-0.1, -0.05) is 12.1 Å². The number of hydrogen-bond donors (Lipinski definition) is 2. The summed E-state index contributed by atoms with van der Waals surface area (Å²) in [6.45, 7) is 5.81. The quantitative estimate of drug-likeness (QED) is 0.245. The molecule has 0 bridgehead atoms. The van der Waals surface area contributed by atoms with Gasteiger partial charge in [-0.25, -0.2) is 4.99 Å². The number of nitrogens with one attached hydrogen (secondary N) is 2. The van der Waals surface area contributed by atoms with Crippen molar-refractivity contribution in [2.75, 3.05) is 47.4 Å². The van der Waals surface area contributed by atoms with E-state index in [1.807, 2.05) is 38.1 Å². The van der Waals surface area contributed by atoms with Crippen LogP contribution in [-0.4, -0.2) is 70.3 Å². The molecule has 1 rings (SSSR count). The van der Waals surface area contributed by atoms with Gasteiger partial charge in [-0.2, -0.15) is 0 Å². The molecule has 1 amide bonds. The molecular weight excluding hydrogens is 447 g/mol. The van der Waals surface area contributed by atoms with E-state index >= 15 is 0 Å². The molecule has 0 heterocycles. The molecule has 2 N–H and O–H groups in total. The number of aliphatic imine (C=N–C) groups is 1. The van der Waals surface area contributed by atoms with Crippen molar-refractivity contribution in [3.8, 4) is 5.75 Å². The van der Waals surface area contributed by atoms with Crippen LogP contribution in [-0.2, 0) is 9.53 Å².